The van der Waals surface area contributed by atoms with Gasteiger partial charge in [0.2, 0.25) is 0 Å². The molecular weight excluding hydrogens is 348 g/mol. The van der Waals surface area contributed by atoms with Crippen molar-refractivity contribution in [1.82, 2.24) is 9.97 Å². The quantitative estimate of drug-likeness (QED) is 0.590. The van der Waals surface area contributed by atoms with Crippen molar-refractivity contribution in [2.75, 3.05) is 23.3 Å². The average molecular weight is 374 g/mol. The number of para-hydroxylation sites is 1. The maximum absolute atomic E-state index is 13.0. The van der Waals surface area contributed by atoms with Gasteiger partial charge in [-0.3, -0.25) is 4.79 Å². The van der Waals surface area contributed by atoms with E-state index in [0.29, 0.717) is 23.9 Å². The number of aromatic nitrogens is 2. The molecule has 0 saturated heterocycles. The van der Waals surface area contributed by atoms with Gasteiger partial charge in [-0.2, -0.15) is 0 Å². The van der Waals surface area contributed by atoms with Crippen molar-refractivity contribution in [3.63, 3.8) is 0 Å². The van der Waals surface area contributed by atoms with Crippen LogP contribution in [0.2, 0.25) is 0 Å². The van der Waals surface area contributed by atoms with Crippen molar-refractivity contribution in [2.24, 2.45) is 0 Å². The highest BCUT2D eigenvalue weighted by Crippen LogP contribution is 2.17. The van der Waals surface area contributed by atoms with Crippen LogP contribution in [0.25, 0.3) is 0 Å². The van der Waals surface area contributed by atoms with Crippen molar-refractivity contribution in [1.29, 1.82) is 0 Å². The Balaban J connectivity index is 1.66. The lowest BCUT2D eigenvalue weighted by Gasteiger charge is -2.21. The Kier molecular flexibility index (Phi) is 6.73. The van der Waals surface area contributed by atoms with Crippen molar-refractivity contribution in [3.05, 3.63) is 83.8 Å². The first kappa shape index (κ1) is 19.5. The molecule has 0 aliphatic rings. The minimum Gasteiger partial charge on any atom is -0.370 e. The predicted octanol–water partition coefficient (Wildman–Crippen LogP) is 4.50. The normalized spacial score (nSPS) is 10.5. The number of carbonyl (C=O) groups is 1. The fraction of sp³-hybridized carbons (Fsp3) is 0.261. The first-order valence-electron chi connectivity index (χ1n) is 9.67. The molecule has 144 valence electrons. The summed E-state index contributed by atoms with van der Waals surface area (Å²) in [4.78, 5) is 23.5. The van der Waals surface area contributed by atoms with E-state index in [4.69, 9.17) is 0 Å². The molecule has 1 N–H and O–H groups in total. The number of rotatable bonds is 8. The van der Waals surface area contributed by atoms with Gasteiger partial charge in [-0.05, 0) is 44.4 Å². The Hall–Kier alpha value is -3.21. The number of anilines is 2. The molecule has 1 aromatic heterocycles. The zero-order valence-electron chi connectivity index (χ0n) is 16.4. The van der Waals surface area contributed by atoms with E-state index in [2.05, 4.69) is 39.6 Å². The van der Waals surface area contributed by atoms with Crippen molar-refractivity contribution in [3.8, 4) is 0 Å². The van der Waals surface area contributed by atoms with Crippen LogP contribution in [0, 0.1) is 6.92 Å². The first-order chi connectivity index (χ1) is 13.7. The van der Waals surface area contributed by atoms with Gasteiger partial charge in [-0.25, -0.2) is 9.97 Å². The highest BCUT2D eigenvalue weighted by atomic mass is 16.2. The lowest BCUT2D eigenvalue weighted by molar-refractivity contribution is 0.0983. The monoisotopic (exact) mass is 374 g/mol. The van der Waals surface area contributed by atoms with Crippen molar-refractivity contribution < 1.29 is 4.79 Å². The number of carbonyl (C=O) groups excluding carboxylic acids is 1. The summed E-state index contributed by atoms with van der Waals surface area (Å²) in [5, 5.41) is 3.33. The SMILES string of the molecule is CCN(C(=O)c1cc(NCCCc2ccccc2)nc(C)n1)c1ccccc1. The van der Waals surface area contributed by atoms with E-state index in [1.165, 1.54) is 5.56 Å². The molecule has 1 heterocycles. The van der Waals surface area contributed by atoms with Crippen LogP contribution in [0.3, 0.4) is 0 Å². The Morgan fingerprint density at radius 2 is 1.68 bits per heavy atom. The molecular formula is C23H26N4O. The number of benzene rings is 2. The third kappa shape index (κ3) is 5.16. The molecule has 0 atom stereocenters. The van der Waals surface area contributed by atoms with Gasteiger partial charge in [0.1, 0.15) is 17.3 Å². The van der Waals surface area contributed by atoms with Crippen LogP contribution in [0.4, 0.5) is 11.5 Å². The molecule has 0 bridgehead atoms. The van der Waals surface area contributed by atoms with E-state index < -0.39 is 0 Å². The fourth-order valence-corrected chi connectivity index (χ4v) is 3.11. The number of aryl methyl sites for hydroxylation is 2. The second-order valence-electron chi connectivity index (χ2n) is 6.59. The van der Waals surface area contributed by atoms with E-state index in [-0.39, 0.29) is 5.91 Å². The largest absolute Gasteiger partial charge is 0.370 e. The van der Waals surface area contributed by atoms with Gasteiger partial charge in [0.05, 0.1) is 0 Å². The standard InChI is InChI=1S/C23H26N4O/c1-3-27(20-14-8-5-9-15-20)23(28)21-17-22(26-18(2)25-21)24-16-10-13-19-11-6-4-7-12-19/h4-9,11-12,14-15,17H,3,10,13,16H2,1-2H3,(H,24,25,26). The van der Waals surface area contributed by atoms with Gasteiger partial charge in [0.15, 0.2) is 0 Å². The number of hydrogen-bond acceptors (Lipinski definition) is 4. The second-order valence-corrected chi connectivity index (χ2v) is 6.59. The highest BCUT2D eigenvalue weighted by molar-refractivity contribution is 6.05. The lowest BCUT2D eigenvalue weighted by Crippen LogP contribution is -2.31. The van der Waals surface area contributed by atoms with Crippen LogP contribution in [0.5, 0.6) is 0 Å². The molecule has 0 fully saturated rings. The van der Waals surface area contributed by atoms with Crippen molar-refractivity contribution >= 4 is 17.4 Å². The van der Waals surface area contributed by atoms with Crippen molar-refractivity contribution in [2.45, 2.75) is 26.7 Å². The molecule has 28 heavy (non-hydrogen) atoms. The Morgan fingerprint density at radius 1 is 1.00 bits per heavy atom. The zero-order chi connectivity index (χ0) is 19.8. The summed E-state index contributed by atoms with van der Waals surface area (Å²) in [6, 6.07) is 21.8. The highest BCUT2D eigenvalue weighted by Gasteiger charge is 2.18. The van der Waals surface area contributed by atoms with Crippen LogP contribution in [-0.4, -0.2) is 29.0 Å². The van der Waals surface area contributed by atoms with Crippen LogP contribution < -0.4 is 10.2 Å². The molecule has 3 aromatic rings. The molecule has 3 rings (SSSR count). The maximum Gasteiger partial charge on any atom is 0.277 e. The number of hydrogen-bond donors (Lipinski definition) is 1. The van der Waals surface area contributed by atoms with Crippen LogP contribution in [0.1, 0.15) is 35.2 Å². The Labute approximate surface area is 166 Å². The fourth-order valence-electron chi connectivity index (χ4n) is 3.11. The topological polar surface area (TPSA) is 58.1 Å². The number of nitrogens with zero attached hydrogens (tertiary/aromatic N) is 3. The maximum atomic E-state index is 13.0. The third-order valence-electron chi connectivity index (χ3n) is 4.48. The summed E-state index contributed by atoms with van der Waals surface area (Å²) >= 11 is 0. The molecule has 2 aromatic carbocycles. The summed E-state index contributed by atoms with van der Waals surface area (Å²) in [6.07, 6.45) is 1.99. The summed E-state index contributed by atoms with van der Waals surface area (Å²) < 4.78 is 0. The molecule has 0 radical (unpaired) electrons. The van der Waals surface area contributed by atoms with Gasteiger partial charge < -0.3 is 10.2 Å². The summed E-state index contributed by atoms with van der Waals surface area (Å²) in [6.45, 7) is 5.13. The van der Waals surface area contributed by atoms with Gasteiger partial charge >= 0.3 is 0 Å². The summed E-state index contributed by atoms with van der Waals surface area (Å²) in [5.74, 6) is 1.15. The minimum absolute atomic E-state index is 0.119. The smallest absolute Gasteiger partial charge is 0.277 e. The van der Waals surface area contributed by atoms with E-state index >= 15 is 0 Å². The molecule has 5 heteroatoms. The predicted molar refractivity (Wildman–Crippen MR) is 114 cm³/mol. The van der Waals surface area contributed by atoms with Gasteiger partial charge in [-0.1, -0.05) is 48.5 Å². The Morgan fingerprint density at radius 3 is 2.36 bits per heavy atom. The molecule has 0 aliphatic heterocycles. The second kappa shape index (κ2) is 9.65. The molecule has 0 aliphatic carbocycles. The molecule has 5 nitrogen and oxygen atoms in total. The van der Waals surface area contributed by atoms with Crippen LogP contribution >= 0.6 is 0 Å². The first-order valence-corrected chi connectivity index (χ1v) is 9.67. The number of amides is 1. The molecule has 1 amide bonds. The minimum atomic E-state index is -0.119. The number of nitrogens with one attached hydrogen (secondary N) is 1. The van der Waals surface area contributed by atoms with Gasteiger partial charge in [0, 0.05) is 24.8 Å². The molecule has 0 spiro atoms. The van der Waals surface area contributed by atoms with E-state index in [1.54, 1.807) is 11.0 Å². The Bertz CT molecular complexity index is 897. The van der Waals surface area contributed by atoms with E-state index in [9.17, 15) is 4.79 Å². The van der Waals surface area contributed by atoms with Gasteiger partial charge in [0.25, 0.3) is 5.91 Å². The summed E-state index contributed by atoms with van der Waals surface area (Å²) in [7, 11) is 0. The van der Waals surface area contributed by atoms with E-state index in [1.807, 2.05) is 50.2 Å². The van der Waals surface area contributed by atoms with Crippen LogP contribution in [0.15, 0.2) is 66.7 Å². The van der Waals surface area contributed by atoms with Gasteiger partial charge in [-0.15, -0.1) is 0 Å². The lowest BCUT2D eigenvalue weighted by atomic mass is 10.1. The average Bonchev–Trinajstić information content (AvgIpc) is 2.73. The molecule has 0 saturated carbocycles. The zero-order valence-corrected chi connectivity index (χ0v) is 16.4. The van der Waals surface area contributed by atoms with Crippen LogP contribution in [-0.2, 0) is 6.42 Å². The third-order valence-corrected chi connectivity index (χ3v) is 4.48. The summed E-state index contributed by atoms with van der Waals surface area (Å²) in [5.41, 5.74) is 2.59. The van der Waals surface area contributed by atoms with E-state index in [0.717, 1.165) is 25.1 Å². The molecule has 0 unspecified atom stereocenters.